The van der Waals surface area contributed by atoms with E-state index in [2.05, 4.69) is 51.8 Å². The minimum Gasteiger partial charge on any atom is -0.230 e. The average molecular weight is 490 g/mol. The Balaban J connectivity index is 1.44. The second-order valence-electron chi connectivity index (χ2n) is 12.3. The first-order chi connectivity index (χ1) is 15.5. The number of thiazole rings is 1. The Hall–Kier alpha value is -0.940. The van der Waals surface area contributed by atoms with Gasteiger partial charge in [-0.15, -0.1) is 11.3 Å². The normalized spacial score (nSPS) is 29.8. The van der Waals surface area contributed by atoms with E-state index in [1.807, 2.05) is 6.08 Å². The van der Waals surface area contributed by atoms with Crippen LogP contribution in [0.25, 0.3) is 6.08 Å². The lowest BCUT2D eigenvalue weighted by Crippen LogP contribution is -2.36. The third kappa shape index (κ3) is 5.50. The Morgan fingerprint density at radius 1 is 1.27 bits per heavy atom. The molecule has 0 aromatic carbocycles. The van der Waals surface area contributed by atoms with Crippen LogP contribution in [0.3, 0.4) is 0 Å². The van der Waals surface area contributed by atoms with Gasteiger partial charge in [0, 0.05) is 0 Å². The molecule has 2 fully saturated rings. The van der Waals surface area contributed by atoms with E-state index < -0.39 is 9.84 Å². The third-order valence-corrected chi connectivity index (χ3v) is 11.8. The summed E-state index contributed by atoms with van der Waals surface area (Å²) in [6, 6.07) is 0. The molecule has 4 unspecified atom stereocenters. The second-order valence-corrected chi connectivity index (χ2v) is 15.6. The second kappa shape index (κ2) is 9.60. The molecule has 0 amide bonds. The summed E-state index contributed by atoms with van der Waals surface area (Å²) in [5.74, 6) is 2.18. The van der Waals surface area contributed by atoms with Gasteiger partial charge < -0.3 is 0 Å². The fourth-order valence-electron chi connectivity index (χ4n) is 6.90. The molecule has 0 radical (unpaired) electrons. The van der Waals surface area contributed by atoms with Crippen molar-refractivity contribution in [2.75, 3.05) is 5.75 Å². The molecule has 3 nitrogen and oxygen atoms in total. The maximum atomic E-state index is 13.1. The van der Waals surface area contributed by atoms with Gasteiger partial charge in [-0.1, -0.05) is 65.2 Å². The Morgan fingerprint density at radius 3 is 2.79 bits per heavy atom. The van der Waals surface area contributed by atoms with E-state index in [0.717, 1.165) is 41.7 Å². The van der Waals surface area contributed by atoms with Gasteiger partial charge in [-0.2, -0.15) is 0 Å². The first-order valence-corrected chi connectivity index (χ1v) is 15.5. The molecule has 0 N–H and O–H groups in total. The molecule has 1 aromatic rings. The van der Waals surface area contributed by atoms with Crippen molar-refractivity contribution < 1.29 is 8.42 Å². The van der Waals surface area contributed by atoms with Gasteiger partial charge in [0.05, 0.1) is 16.3 Å². The maximum absolute atomic E-state index is 13.1. The minimum absolute atomic E-state index is 0.108. The third-order valence-electron chi connectivity index (χ3n) is 8.67. The number of sulfone groups is 1. The number of hydrogen-bond donors (Lipinski definition) is 0. The number of hydrogen-bond acceptors (Lipinski definition) is 4. The molecule has 0 bridgehead atoms. The molecule has 0 aliphatic heterocycles. The Labute approximate surface area is 206 Å². The van der Waals surface area contributed by atoms with Gasteiger partial charge in [-0.25, -0.2) is 13.4 Å². The maximum Gasteiger partial charge on any atom is 0.210 e. The summed E-state index contributed by atoms with van der Waals surface area (Å²) >= 11 is 1.35. The lowest BCUT2D eigenvalue weighted by atomic mass is 9.60. The molecule has 2 saturated carbocycles. The predicted molar refractivity (Wildman–Crippen MR) is 140 cm³/mol. The van der Waals surface area contributed by atoms with Gasteiger partial charge >= 0.3 is 0 Å². The molecule has 5 heteroatoms. The SMILES string of the molecule is CC(CCCC(C)(C)C)C1CCC2C(=CCS(=O)(=O)c3nc4c(s3)C=CCC4)CCCC21C. The van der Waals surface area contributed by atoms with E-state index in [9.17, 15) is 8.42 Å². The van der Waals surface area contributed by atoms with E-state index in [1.54, 1.807) is 0 Å². The van der Waals surface area contributed by atoms with Crippen LogP contribution >= 0.6 is 11.3 Å². The van der Waals surface area contributed by atoms with Crippen molar-refractivity contribution in [1.82, 2.24) is 4.98 Å². The van der Waals surface area contributed by atoms with Gasteiger partial charge in [-0.3, -0.25) is 0 Å². The van der Waals surface area contributed by atoms with Crippen LogP contribution in [-0.4, -0.2) is 19.2 Å². The largest absolute Gasteiger partial charge is 0.230 e. The number of nitrogens with zero attached hydrogens (tertiary/aromatic N) is 1. The lowest BCUT2D eigenvalue weighted by Gasteiger charge is -2.44. The zero-order valence-corrected chi connectivity index (χ0v) is 23.0. The van der Waals surface area contributed by atoms with Crippen molar-refractivity contribution in [2.45, 2.75) is 103 Å². The molecule has 0 saturated heterocycles. The van der Waals surface area contributed by atoms with E-state index in [-0.39, 0.29) is 5.75 Å². The number of aromatic nitrogens is 1. The Morgan fingerprint density at radius 2 is 2.06 bits per heavy atom. The molecule has 1 heterocycles. The smallest absolute Gasteiger partial charge is 0.210 e. The zero-order chi connectivity index (χ0) is 23.9. The molecule has 3 aliphatic rings. The topological polar surface area (TPSA) is 47.0 Å². The van der Waals surface area contributed by atoms with E-state index in [1.165, 1.54) is 61.9 Å². The van der Waals surface area contributed by atoms with Gasteiger partial charge in [0.1, 0.15) is 0 Å². The quantitative estimate of drug-likeness (QED) is 0.366. The molecule has 3 aliphatic carbocycles. The fraction of sp³-hybridized carbons (Fsp3) is 0.750. The molecule has 4 rings (SSSR count). The lowest BCUT2D eigenvalue weighted by molar-refractivity contribution is 0.0919. The highest BCUT2D eigenvalue weighted by Gasteiger charge is 2.50. The molecule has 33 heavy (non-hydrogen) atoms. The van der Waals surface area contributed by atoms with Crippen LogP contribution in [-0.2, 0) is 16.3 Å². The van der Waals surface area contributed by atoms with E-state index in [0.29, 0.717) is 21.1 Å². The summed E-state index contributed by atoms with van der Waals surface area (Å²) < 4.78 is 26.5. The van der Waals surface area contributed by atoms with Gasteiger partial charge in [0.15, 0.2) is 0 Å². The summed E-state index contributed by atoms with van der Waals surface area (Å²) in [4.78, 5) is 5.52. The Bertz CT molecular complexity index is 1010. The number of rotatable bonds is 7. The number of aryl methyl sites for hydroxylation is 1. The fourth-order valence-corrected chi connectivity index (χ4v) is 9.48. The highest BCUT2D eigenvalue weighted by molar-refractivity contribution is 7.93. The van der Waals surface area contributed by atoms with Crippen molar-refractivity contribution >= 4 is 27.3 Å². The van der Waals surface area contributed by atoms with Crippen molar-refractivity contribution in [2.24, 2.45) is 28.6 Å². The van der Waals surface area contributed by atoms with Gasteiger partial charge in [0.25, 0.3) is 0 Å². The first-order valence-electron chi connectivity index (χ1n) is 13.1. The minimum atomic E-state index is -3.36. The van der Waals surface area contributed by atoms with Crippen molar-refractivity contribution in [1.29, 1.82) is 0 Å². The molecule has 1 aromatic heterocycles. The van der Waals surface area contributed by atoms with Crippen LogP contribution in [0.15, 0.2) is 22.1 Å². The molecule has 0 spiro atoms. The van der Waals surface area contributed by atoms with Crippen LogP contribution in [0.1, 0.15) is 103 Å². The zero-order valence-electron chi connectivity index (χ0n) is 21.3. The van der Waals surface area contributed by atoms with Crippen LogP contribution in [0.5, 0.6) is 0 Å². The highest BCUT2D eigenvalue weighted by atomic mass is 32.2. The molecular weight excluding hydrogens is 446 g/mol. The summed E-state index contributed by atoms with van der Waals surface area (Å²) in [6.07, 6.45) is 18.1. The number of allylic oxidation sites excluding steroid dienone is 2. The van der Waals surface area contributed by atoms with Crippen molar-refractivity contribution in [3.63, 3.8) is 0 Å². The van der Waals surface area contributed by atoms with Crippen LogP contribution in [0, 0.1) is 28.6 Å². The average Bonchev–Trinajstić information content (AvgIpc) is 3.33. The number of fused-ring (bicyclic) bond motifs is 2. The van der Waals surface area contributed by atoms with E-state index in [4.69, 9.17) is 0 Å². The van der Waals surface area contributed by atoms with Gasteiger partial charge in [-0.05, 0) is 86.0 Å². The first kappa shape index (κ1) is 25.2. The van der Waals surface area contributed by atoms with Crippen molar-refractivity contribution in [3.8, 4) is 0 Å². The summed E-state index contributed by atoms with van der Waals surface area (Å²) in [6.45, 7) is 12.0. The van der Waals surface area contributed by atoms with Crippen LogP contribution in [0.2, 0.25) is 0 Å². The summed E-state index contributed by atoms with van der Waals surface area (Å²) in [7, 11) is -3.36. The van der Waals surface area contributed by atoms with Crippen molar-refractivity contribution in [3.05, 3.63) is 28.3 Å². The summed E-state index contributed by atoms with van der Waals surface area (Å²) in [5.41, 5.74) is 3.12. The highest BCUT2D eigenvalue weighted by Crippen LogP contribution is 2.60. The van der Waals surface area contributed by atoms with E-state index >= 15 is 0 Å². The summed E-state index contributed by atoms with van der Waals surface area (Å²) in [5, 5.41) is 0. The standard InChI is InChI=1S/C28H43NO2S2/c1-20(10-8-17-27(2,3)4)22-14-15-23-21(11-9-18-28(22,23)5)16-19-33(30,31)26-29-24-12-6-7-13-25(24)32-26/h7,13,16,20,22-23H,6,8-12,14-15,17-19H2,1-5H3. The molecule has 4 atom stereocenters. The Kier molecular flexibility index (Phi) is 7.32. The molecular formula is C28H43NO2S2. The van der Waals surface area contributed by atoms with Gasteiger partial charge in [0.2, 0.25) is 14.2 Å². The predicted octanol–water partition coefficient (Wildman–Crippen LogP) is 7.87. The monoisotopic (exact) mass is 489 g/mol. The molecule has 184 valence electrons. The van der Waals surface area contributed by atoms with Crippen LogP contribution in [0.4, 0.5) is 0 Å². The van der Waals surface area contributed by atoms with Crippen LogP contribution < -0.4 is 0 Å².